The first-order valence-electron chi connectivity index (χ1n) is 7.09. The molecule has 6 nitrogen and oxygen atoms in total. The molecule has 22 heavy (non-hydrogen) atoms. The normalized spacial score (nSPS) is 11.0. The van der Waals surface area contributed by atoms with Crippen LogP contribution in [0.3, 0.4) is 0 Å². The molecule has 0 unspecified atom stereocenters. The Morgan fingerprint density at radius 2 is 2.05 bits per heavy atom. The Morgan fingerprint density at radius 3 is 2.68 bits per heavy atom. The quantitative estimate of drug-likeness (QED) is 0.367. The molecule has 1 aromatic heterocycles. The lowest BCUT2D eigenvalue weighted by Gasteiger charge is -2.20. The molecule has 0 aliphatic rings. The zero-order valence-electron chi connectivity index (χ0n) is 12.8. The van der Waals surface area contributed by atoms with E-state index < -0.39 is 11.6 Å². The molecule has 0 atom stereocenters. The van der Waals surface area contributed by atoms with Crippen molar-refractivity contribution in [3.8, 4) is 0 Å². The molecule has 0 N–H and O–H groups in total. The predicted octanol–water partition coefficient (Wildman–Crippen LogP) is 2.54. The number of benzene rings is 1. The van der Waals surface area contributed by atoms with Gasteiger partial charge in [-0.05, 0) is 32.0 Å². The minimum atomic E-state index is -0.551. The predicted molar refractivity (Wildman–Crippen MR) is 85.4 cm³/mol. The molecule has 0 amide bonds. The molecule has 0 spiro atoms. The first kappa shape index (κ1) is 15.8. The van der Waals surface area contributed by atoms with Crippen molar-refractivity contribution >= 4 is 28.8 Å². The molecule has 0 saturated carbocycles. The van der Waals surface area contributed by atoms with Crippen LogP contribution in [0.1, 0.15) is 26.3 Å². The van der Waals surface area contributed by atoms with Crippen molar-refractivity contribution in [2.24, 2.45) is 5.16 Å². The third kappa shape index (κ3) is 3.52. The van der Waals surface area contributed by atoms with Gasteiger partial charge in [-0.15, -0.1) is 0 Å². The molecule has 0 bridgehead atoms. The minimum absolute atomic E-state index is 0.226. The molecule has 0 radical (unpaired) electrons. The fourth-order valence-electron chi connectivity index (χ4n) is 2.15. The molecule has 2 aromatic rings. The summed E-state index contributed by atoms with van der Waals surface area (Å²) in [6.45, 7) is 7.12. The average molecular weight is 302 g/mol. The van der Waals surface area contributed by atoms with Crippen LogP contribution in [0, 0.1) is 0 Å². The summed E-state index contributed by atoms with van der Waals surface area (Å²) >= 11 is 0. The fourth-order valence-corrected chi connectivity index (χ4v) is 2.15. The smallest absolute Gasteiger partial charge is 0.345 e. The summed E-state index contributed by atoms with van der Waals surface area (Å²) in [7, 11) is 0. The van der Waals surface area contributed by atoms with E-state index in [1.807, 2.05) is 18.2 Å². The van der Waals surface area contributed by atoms with Crippen molar-refractivity contribution < 1.29 is 14.0 Å². The molecule has 0 aliphatic carbocycles. The first-order valence-corrected chi connectivity index (χ1v) is 7.09. The Kier molecular flexibility index (Phi) is 4.93. The number of rotatable bonds is 5. The van der Waals surface area contributed by atoms with Crippen LogP contribution in [-0.2, 0) is 9.63 Å². The summed E-state index contributed by atoms with van der Waals surface area (Å²) in [6.07, 6.45) is 1.17. The number of nitrogens with zero attached hydrogens (tertiary/aromatic N) is 2. The molecular weight excluding hydrogens is 284 g/mol. The maximum Gasteiger partial charge on any atom is 0.345 e. The molecule has 0 saturated heterocycles. The monoisotopic (exact) mass is 302 g/mol. The standard InChI is InChI=1S/C16H18N2O4/c1-4-18(5-2)14-7-6-12-8-13(10-17-22-11(3)19)16(20)21-15(12)9-14/h6-10H,4-5H2,1-3H3/b17-10+. The maximum atomic E-state index is 11.9. The fraction of sp³-hybridized carbons (Fsp3) is 0.312. The van der Waals surface area contributed by atoms with Crippen LogP contribution < -0.4 is 10.5 Å². The zero-order valence-corrected chi connectivity index (χ0v) is 12.8. The number of carbonyl (C=O) groups excluding carboxylic acids is 1. The highest BCUT2D eigenvalue weighted by molar-refractivity contribution is 5.88. The van der Waals surface area contributed by atoms with Gasteiger partial charge in [0.2, 0.25) is 0 Å². The molecule has 6 heteroatoms. The number of oxime groups is 1. The summed E-state index contributed by atoms with van der Waals surface area (Å²) in [5.41, 5.74) is 1.21. The number of hydrogen-bond acceptors (Lipinski definition) is 6. The molecule has 116 valence electrons. The average Bonchev–Trinajstić information content (AvgIpc) is 2.48. The second kappa shape index (κ2) is 6.89. The van der Waals surface area contributed by atoms with Crippen LogP contribution in [0.25, 0.3) is 11.0 Å². The maximum absolute atomic E-state index is 11.9. The van der Waals surface area contributed by atoms with Gasteiger partial charge < -0.3 is 14.2 Å². The second-order valence-corrected chi connectivity index (χ2v) is 4.70. The topological polar surface area (TPSA) is 72.1 Å². The van der Waals surface area contributed by atoms with E-state index in [1.54, 1.807) is 6.07 Å². The van der Waals surface area contributed by atoms with Crippen molar-refractivity contribution in [3.63, 3.8) is 0 Å². The Hall–Kier alpha value is -2.63. The third-order valence-electron chi connectivity index (χ3n) is 3.25. The van der Waals surface area contributed by atoms with Crippen molar-refractivity contribution in [1.29, 1.82) is 0 Å². The molecule has 1 heterocycles. The van der Waals surface area contributed by atoms with Gasteiger partial charge in [-0.3, -0.25) is 0 Å². The van der Waals surface area contributed by atoms with Crippen molar-refractivity contribution in [1.82, 2.24) is 0 Å². The van der Waals surface area contributed by atoms with Gasteiger partial charge in [-0.25, -0.2) is 9.59 Å². The lowest BCUT2D eigenvalue weighted by Crippen LogP contribution is -2.21. The Labute approximate surface area is 128 Å². The zero-order chi connectivity index (χ0) is 16.1. The Balaban J connectivity index is 2.40. The summed E-state index contributed by atoms with van der Waals surface area (Å²) in [6, 6.07) is 7.36. The number of hydrogen-bond donors (Lipinski definition) is 0. The van der Waals surface area contributed by atoms with Crippen LogP contribution in [0.5, 0.6) is 0 Å². The molecule has 1 aromatic carbocycles. The van der Waals surface area contributed by atoms with E-state index in [0.29, 0.717) is 5.58 Å². The SMILES string of the molecule is CCN(CC)c1ccc2cc(/C=N/OC(C)=O)c(=O)oc2c1. The van der Waals surface area contributed by atoms with E-state index in [9.17, 15) is 9.59 Å². The van der Waals surface area contributed by atoms with E-state index in [2.05, 4.69) is 28.7 Å². The number of carbonyl (C=O) groups is 1. The van der Waals surface area contributed by atoms with E-state index in [0.717, 1.165) is 24.2 Å². The molecule has 2 rings (SSSR count). The molecular formula is C16H18N2O4. The summed E-state index contributed by atoms with van der Waals surface area (Å²) in [5.74, 6) is -0.551. The van der Waals surface area contributed by atoms with E-state index in [-0.39, 0.29) is 5.56 Å². The van der Waals surface area contributed by atoms with Crippen LogP contribution in [0.4, 0.5) is 5.69 Å². The third-order valence-corrected chi connectivity index (χ3v) is 3.25. The van der Waals surface area contributed by atoms with Gasteiger partial charge in [0.1, 0.15) is 5.58 Å². The van der Waals surface area contributed by atoms with Crippen molar-refractivity contribution in [2.45, 2.75) is 20.8 Å². The van der Waals surface area contributed by atoms with Gasteiger partial charge in [0.15, 0.2) is 0 Å². The van der Waals surface area contributed by atoms with Gasteiger partial charge in [0, 0.05) is 37.2 Å². The molecule has 0 fully saturated rings. The highest BCUT2D eigenvalue weighted by Gasteiger charge is 2.07. The van der Waals surface area contributed by atoms with Crippen molar-refractivity contribution in [3.05, 3.63) is 40.2 Å². The van der Waals surface area contributed by atoms with E-state index in [1.165, 1.54) is 13.1 Å². The number of fused-ring (bicyclic) bond motifs is 1. The van der Waals surface area contributed by atoms with Gasteiger partial charge in [0.25, 0.3) is 0 Å². The van der Waals surface area contributed by atoms with Crippen LogP contribution >= 0.6 is 0 Å². The lowest BCUT2D eigenvalue weighted by molar-refractivity contribution is -0.140. The highest BCUT2D eigenvalue weighted by Crippen LogP contribution is 2.21. The van der Waals surface area contributed by atoms with Gasteiger partial charge in [0.05, 0.1) is 11.8 Å². The van der Waals surface area contributed by atoms with E-state index >= 15 is 0 Å². The van der Waals surface area contributed by atoms with Crippen LogP contribution in [-0.4, -0.2) is 25.3 Å². The second-order valence-electron chi connectivity index (χ2n) is 4.70. The largest absolute Gasteiger partial charge is 0.422 e. The van der Waals surface area contributed by atoms with Gasteiger partial charge in [-0.1, -0.05) is 5.16 Å². The summed E-state index contributed by atoms with van der Waals surface area (Å²) in [5, 5.41) is 4.22. The summed E-state index contributed by atoms with van der Waals surface area (Å²) < 4.78 is 5.32. The summed E-state index contributed by atoms with van der Waals surface area (Å²) in [4.78, 5) is 29.2. The number of anilines is 1. The van der Waals surface area contributed by atoms with Crippen molar-refractivity contribution in [2.75, 3.05) is 18.0 Å². The minimum Gasteiger partial charge on any atom is -0.422 e. The first-order chi connectivity index (χ1) is 10.5. The Morgan fingerprint density at radius 1 is 1.32 bits per heavy atom. The van der Waals surface area contributed by atoms with Gasteiger partial charge >= 0.3 is 11.6 Å². The van der Waals surface area contributed by atoms with Crippen LogP contribution in [0.15, 0.2) is 38.6 Å². The highest BCUT2D eigenvalue weighted by atomic mass is 16.7. The lowest BCUT2D eigenvalue weighted by atomic mass is 10.1. The van der Waals surface area contributed by atoms with E-state index in [4.69, 9.17) is 4.42 Å². The van der Waals surface area contributed by atoms with Gasteiger partial charge in [-0.2, -0.15) is 0 Å². The van der Waals surface area contributed by atoms with Crippen LogP contribution in [0.2, 0.25) is 0 Å². The molecule has 0 aliphatic heterocycles. The Bertz CT molecular complexity index is 760.